The molecule has 294 valence electrons. The van der Waals surface area contributed by atoms with E-state index in [0.29, 0.717) is 22.0 Å². The third kappa shape index (κ3) is 10.8. The van der Waals surface area contributed by atoms with Crippen LogP contribution in [0.2, 0.25) is 10.0 Å². The maximum atomic E-state index is 12.8. The second-order valence-electron chi connectivity index (χ2n) is 11.8. The molecule has 0 atom stereocenters. The molecule has 0 fully saturated rings. The lowest BCUT2D eigenvalue weighted by Gasteiger charge is -2.12. The fourth-order valence-electron chi connectivity index (χ4n) is 4.91. The maximum Gasteiger partial charge on any atom is 0.433 e. The highest BCUT2D eigenvalue weighted by atomic mass is 35.5. The molecular formula is C37H26Cl2F6N8O3S. The zero-order chi connectivity index (χ0) is 41.7. The number of pyridine rings is 2. The Balaban J connectivity index is 0.000000242. The van der Waals surface area contributed by atoms with Gasteiger partial charge in [-0.1, -0.05) is 39.8 Å². The van der Waals surface area contributed by atoms with E-state index in [-0.39, 0.29) is 44.6 Å². The van der Waals surface area contributed by atoms with Crippen molar-refractivity contribution in [2.75, 3.05) is 21.7 Å². The Kier molecular flexibility index (Phi) is 12.8. The van der Waals surface area contributed by atoms with Crippen molar-refractivity contribution < 1.29 is 40.7 Å². The third-order valence-corrected chi connectivity index (χ3v) is 8.95. The number of nitrogens with zero attached hydrogens (tertiary/aromatic N) is 4. The molecule has 11 nitrogen and oxygen atoms in total. The molecule has 0 saturated carbocycles. The van der Waals surface area contributed by atoms with Crippen LogP contribution in [0, 0.1) is 13.8 Å². The van der Waals surface area contributed by atoms with E-state index in [9.17, 15) is 40.7 Å². The van der Waals surface area contributed by atoms with Gasteiger partial charge < -0.3 is 21.7 Å². The van der Waals surface area contributed by atoms with Crippen LogP contribution >= 0.6 is 34.7 Å². The monoisotopic (exact) mass is 846 g/mol. The van der Waals surface area contributed by atoms with Crippen molar-refractivity contribution in [3.63, 3.8) is 0 Å². The minimum absolute atomic E-state index is 0.0192. The first-order valence-corrected chi connectivity index (χ1v) is 17.6. The molecular weight excluding hydrogens is 821 g/mol. The third-order valence-electron chi connectivity index (χ3n) is 7.77. The van der Waals surface area contributed by atoms with E-state index < -0.39 is 41.5 Å². The Hall–Kier alpha value is -6.11. The molecule has 0 aliphatic rings. The zero-order valence-electron chi connectivity index (χ0n) is 29.2. The van der Waals surface area contributed by atoms with Crippen molar-refractivity contribution in [3.05, 3.63) is 140 Å². The van der Waals surface area contributed by atoms with E-state index in [0.717, 1.165) is 29.8 Å². The van der Waals surface area contributed by atoms with Crippen LogP contribution in [0.5, 0.6) is 0 Å². The second kappa shape index (κ2) is 17.4. The van der Waals surface area contributed by atoms with Gasteiger partial charge in [0.15, 0.2) is 0 Å². The molecule has 0 aliphatic heterocycles. The minimum atomic E-state index is -4.61. The number of amides is 3. The number of aryl methyl sites for hydroxylation is 2. The van der Waals surface area contributed by atoms with Gasteiger partial charge in [0.05, 0.1) is 43.9 Å². The van der Waals surface area contributed by atoms with Crippen molar-refractivity contribution in [2.45, 2.75) is 26.2 Å². The Labute approximate surface area is 333 Å². The number of hydrogen-bond acceptors (Lipinski definition) is 9. The lowest BCUT2D eigenvalue weighted by Crippen LogP contribution is -2.17. The molecule has 0 unspecified atom stereocenters. The molecule has 5 N–H and O–H groups in total. The van der Waals surface area contributed by atoms with Crippen LogP contribution in [0.15, 0.2) is 90.3 Å². The first kappa shape index (κ1) is 42.0. The zero-order valence-corrected chi connectivity index (χ0v) is 31.5. The molecule has 3 amide bonds. The summed E-state index contributed by atoms with van der Waals surface area (Å²) in [7, 11) is 0. The molecule has 0 radical (unpaired) electrons. The summed E-state index contributed by atoms with van der Waals surface area (Å²) in [6.45, 7) is 2.65. The Morgan fingerprint density at radius 3 is 1.61 bits per heavy atom. The highest BCUT2D eigenvalue weighted by Crippen LogP contribution is 2.31. The van der Waals surface area contributed by atoms with Crippen LogP contribution in [-0.4, -0.2) is 37.3 Å². The number of alkyl halides is 6. The van der Waals surface area contributed by atoms with Crippen LogP contribution in [0.4, 0.5) is 49.1 Å². The van der Waals surface area contributed by atoms with Crippen LogP contribution in [-0.2, 0) is 12.4 Å². The predicted octanol–water partition coefficient (Wildman–Crippen LogP) is 9.98. The van der Waals surface area contributed by atoms with E-state index in [1.807, 2.05) is 0 Å². The summed E-state index contributed by atoms with van der Waals surface area (Å²) in [6.07, 6.45) is -9.16. The minimum Gasteiger partial charge on any atom is -0.397 e. The van der Waals surface area contributed by atoms with Crippen molar-refractivity contribution >= 4 is 75.2 Å². The summed E-state index contributed by atoms with van der Waals surface area (Å²) in [5.74, 6) is -1.67. The lowest BCUT2D eigenvalue weighted by atomic mass is 10.1. The highest BCUT2D eigenvalue weighted by Gasteiger charge is 2.34. The van der Waals surface area contributed by atoms with Gasteiger partial charge in [-0.15, -0.1) is 5.10 Å². The van der Waals surface area contributed by atoms with Crippen LogP contribution < -0.4 is 21.7 Å². The van der Waals surface area contributed by atoms with Crippen molar-refractivity contribution in [2.24, 2.45) is 0 Å². The molecule has 6 rings (SSSR count). The first-order valence-electron chi connectivity index (χ1n) is 16.1. The van der Waals surface area contributed by atoms with E-state index in [1.54, 1.807) is 29.6 Å². The van der Waals surface area contributed by atoms with Gasteiger partial charge in [-0.25, -0.2) is 9.97 Å². The van der Waals surface area contributed by atoms with Gasteiger partial charge in [0.25, 0.3) is 17.7 Å². The summed E-state index contributed by atoms with van der Waals surface area (Å²) in [5.41, 5.74) is 6.48. The number of nitrogen functional groups attached to an aromatic ring is 1. The number of nitrogens with one attached hydrogen (secondary N) is 3. The van der Waals surface area contributed by atoms with Gasteiger partial charge in [-0.3, -0.25) is 14.4 Å². The fourth-order valence-corrected chi connectivity index (χ4v) is 5.66. The molecule has 3 aromatic heterocycles. The van der Waals surface area contributed by atoms with Gasteiger partial charge in [0, 0.05) is 27.9 Å². The average Bonchev–Trinajstić information content (AvgIpc) is 3.69. The van der Waals surface area contributed by atoms with Gasteiger partial charge >= 0.3 is 12.4 Å². The quantitative estimate of drug-likeness (QED) is 0.0911. The predicted molar refractivity (Wildman–Crippen MR) is 204 cm³/mol. The Morgan fingerprint density at radius 2 is 1.16 bits per heavy atom. The Bertz CT molecular complexity index is 2450. The van der Waals surface area contributed by atoms with E-state index >= 15 is 0 Å². The number of halogens is 8. The molecule has 6 aromatic rings. The SMILES string of the molecule is Cc1nc(C(F)(F)F)ccc1C(=O)Nc1ccc(Cl)c(N)c1.Cc1nc(C(F)(F)F)ccc1C(=O)Nc1ccc(Cl)c(NC(=O)c2ccc(-c3csnn3)cc2)c1. The Morgan fingerprint density at radius 1 is 0.649 bits per heavy atom. The molecule has 0 spiro atoms. The summed E-state index contributed by atoms with van der Waals surface area (Å²) in [5, 5.41) is 14.1. The normalized spacial score (nSPS) is 11.3. The summed E-state index contributed by atoms with van der Waals surface area (Å²) >= 11 is 13.2. The first-order chi connectivity index (χ1) is 26.8. The topological polar surface area (TPSA) is 165 Å². The molecule has 0 saturated heterocycles. The number of nitrogens with two attached hydrogens (primary N) is 1. The molecule has 3 aromatic carbocycles. The standard InChI is InChI=1S/C23H15ClF3N5O2S.C14H11ClF3N3O/c1-12-16(7-9-20(28-12)23(25,26)27)22(34)29-15-6-8-17(24)18(10-15)30-21(33)14-4-2-13(3-5-14)19-11-35-32-31-19;1-7-9(3-5-12(20-7)14(16,17)18)13(22)21-8-2-4-10(15)11(19)6-8/h2-11H,1H3,(H,29,34)(H,30,33);2-6H,19H2,1H3,(H,21,22). The van der Waals surface area contributed by atoms with E-state index in [4.69, 9.17) is 28.9 Å². The lowest BCUT2D eigenvalue weighted by molar-refractivity contribution is -0.142. The average molecular weight is 848 g/mol. The summed E-state index contributed by atoms with van der Waals surface area (Å²) < 4.78 is 79.9. The van der Waals surface area contributed by atoms with Crippen LogP contribution in [0.25, 0.3) is 11.3 Å². The van der Waals surface area contributed by atoms with E-state index in [2.05, 4.69) is 35.5 Å². The number of anilines is 4. The summed E-state index contributed by atoms with van der Waals surface area (Å²) in [6, 6.07) is 19.3. The number of carbonyl (C=O) groups is 3. The number of rotatable bonds is 7. The van der Waals surface area contributed by atoms with Crippen LogP contribution in [0.3, 0.4) is 0 Å². The van der Waals surface area contributed by atoms with Gasteiger partial charge in [-0.05, 0) is 98.2 Å². The number of carbonyl (C=O) groups excluding carboxylic acids is 3. The smallest absolute Gasteiger partial charge is 0.397 e. The van der Waals surface area contributed by atoms with Crippen LogP contribution in [0.1, 0.15) is 53.8 Å². The maximum absolute atomic E-state index is 12.8. The molecule has 0 aliphatic carbocycles. The summed E-state index contributed by atoms with van der Waals surface area (Å²) in [4.78, 5) is 44.3. The van der Waals surface area contributed by atoms with Crippen molar-refractivity contribution in [1.82, 2.24) is 19.6 Å². The highest BCUT2D eigenvalue weighted by molar-refractivity contribution is 7.03. The van der Waals surface area contributed by atoms with Gasteiger partial charge in [0.2, 0.25) is 0 Å². The van der Waals surface area contributed by atoms with Crippen molar-refractivity contribution in [1.29, 1.82) is 0 Å². The molecule has 3 heterocycles. The second-order valence-corrected chi connectivity index (χ2v) is 13.2. The molecule has 0 bridgehead atoms. The number of hydrogen-bond donors (Lipinski definition) is 4. The number of benzene rings is 3. The van der Waals surface area contributed by atoms with Gasteiger partial charge in [0.1, 0.15) is 17.1 Å². The van der Waals surface area contributed by atoms with E-state index in [1.165, 1.54) is 61.8 Å². The molecule has 57 heavy (non-hydrogen) atoms. The fraction of sp³-hybridized carbons (Fsp3) is 0.108. The number of aromatic nitrogens is 4. The van der Waals surface area contributed by atoms with Gasteiger partial charge in [-0.2, -0.15) is 26.3 Å². The van der Waals surface area contributed by atoms with Crippen molar-refractivity contribution in [3.8, 4) is 11.3 Å². The molecule has 20 heteroatoms. The largest absolute Gasteiger partial charge is 0.433 e.